The second-order valence-corrected chi connectivity index (χ2v) is 6.15. The van der Waals surface area contributed by atoms with Crippen LogP contribution in [-0.4, -0.2) is 53.5 Å². The lowest BCUT2D eigenvalue weighted by Crippen LogP contribution is -2.49. The number of aliphatic hydroxyl groups is 1. The van der Waals surface area contributed by atoms with Gasteiger partial charge in [0.05, 0.1) is 6.10 Å². The number of carbonyl (C=O) groups excluding carboxylic acids is 1. The molecule has 2 aromatic carbocycles. The summed E-state index contributed by atoms with van der Waals surface area (Å²) in [5.74, 6) is -1.89. The number of aliphatic hydroxyl groups excluding tert-OH is 1. The molecule has 0 aliphatic carbocycles. The van der Waals surface area contributed by atoms with Gasteiger partial charge in [-0.05, 0) is 29.8 Å². The van der Waals surface area contributed by atoms with E-state index >= 15 is 0 Å². The molecule has 0 radical (unpaired) electrons. The fraction of sp³-hybridized carbons (Fsp3) is 0.316. The molecule has 25 heavy (non-hydrogen) atoms. The Balaban J connectivity index is 1.54. The first kappa shape index (κ1) is 17.5. The minimum absolute atomic E-state index is 0.00130. The van der Waals surface area contributed by atoms with Crippen LogP contribution in [0.25, 0.3) is 0 Å². The van der Waals surface area contributed by atoms with Crippen molar-refractivity contribution in [3.05, 3.63) is 71.3 Å². The van der Waals surface area contributed by atoms with Crippen LogP contribution in [0, 0.1) is 11.6 Å². The minimum atomic E-state index is -0.963. The van der Waals surface area contributed by atoms with Crippen molar-refractivity contribution < 1.29 is 18.7 Å². The summed E-state index contributed by atoms with van der Waals surface area (Å²) in [7, 11) is 0. The average molecular weight is 346 g/mol. The second-order valence-electron chi connectivity index (χ2n) is 6.15. The van der Waals surface area contributed by atoms with Gasteiger partial charge < -0.3 is 10.0 Å². The number of β-amino-alcohol motifs (C(OH)–C–C–N with tert-alkyl or cyclic N) is 1. The van der Waals surface area contributed by atoms with Crippen LogP contribution < -0.4 is 0 Å². The van der Waals surface area contributed by atoms with Gasteiger partial charge in [-0.25, -0.2) is 8.78 Å². The highest BCUT2D eigenvalue weighted by atomic mass is 19.2. The van der Waals surface area contributed by atoms with E-state index in [1.54, 1.807) is 17.0 Å². The predicted molar refractivity (Wildman–Crippen MR) is 90.1 cm³/mol. The molecule has 3 rings (SSSR count). The highest BCUT2D eigenvalue weighted by Gasteiger charge is 2.24. The van der Waals surface area contributed by atoms with Crippen molar-refractivity contribution in [2.75, 3.05) is 32.7 Å². The largest absolute Gasteiger partial charge is 0.387 e. The first-order valence-corrected chi connectivity index (χ1v) is 8.24. The zero-order valence-electron chi connectivity index (χ0n) is 13.7. The Morgan fingerprint density at radius 2 is 1.68 bits per heavy atom. The second kappa shape index (κ2) is 7.72. The predicted octanol–water partition coefficient (Wildman–Crippen LogP) is 2.46. The summed E-state index contributed by atoms with van der Waals surface area (Å²) in [6, 6.07) is 12.6. The Hall–Kier alpha value is -2.31. The number of amides is 1. The van der Waals surface area contributed by atoms with Crippen molar-refractivity contribution in [1.82, 2.24) is 9.80 Å². The van der Waals surface area contributed by atoms with Crippen molar-refractivity contribution in [2.24, 2.45) is 0 Å². The van der Waals surface area contributed by atoms with Crippen LogP contribution in [0.2, 0.25) is 0 Å². The maximum absolute atomic E-state index is 13.3. The summed E-state index contributed by atoms with van der Waals surface area (Å²) in [4.78, 5) is 16.2. The third-order valence-electron chi connectivity index (χ3n) is 4.44. The maximum Gasteiger partial charge on any atom is 0.253 e. The molecule has 1 saturated heterocycles. The van der Waals surface area contributed by atoms with E-state index in [9.17, 15) is 18.7 Å². The number of nitrogens with zero attached hydrogens (tertiary/aromatic N) is 2. The molecule has 1 aliphatic heterocycles. The Kier molecular flexibility index (Phi) is 5.40. The van der Waals surface area contributed by atoms with Gasteiger partial charge in [0, 0.05) is 38.3 Å². The van der Waals surface area contributed by atoms with Crippen molar-refractivity contribution in [2.45, 2.75) is 6.10 Å². The fourth-order valence-electron chi connectivity index (χ4n) is 2.97. The van der Waals surface area contributed by atoms with E-state index in [0.29, 0.717) is 43.9 Å². The van der Waals surface area contributed by atoms with Gasteiger partial charge in [0.1, 0.15) is 0 Å². The molecule has 0 aromatic heterocycles. The van der Waals surface area contributed by atoms with E-state index in [0.717, 1.165) is 12.1 Å². The van der Waals surface area contributed by atoms with Crippen LogP contribution in [0.15, 0.2) is 48.5 Å². The van der Waals surface area contributed by atoms with E-state index in [1.807, 2.05) is 23.1 Å². The van der Waals surface area contributed by atoms with E-state index in [-0.39, 0.29) is 5.91 Å². The third-order valence-corrected chi connectivity index (χ3v) is 4.44. The van der Waals surface area contributed by atoms with Crippen molar-refractivity contribution in [3.63, 3.8) is 0 Å². The molecule has 1 amide bonds. The third kappa shape index (κ3) is 4.21. The van der Waals surface area contributed by atoms with Crippen molar-refractivity contribution in [3.8, 4) is 0 Å². The Labute approximate surface area is 145 Å². The van der Waals surface area contributed by atoms with E-state index < -0.39 is 17.7 Å². The van der Waals surface area contributed by atoms with Crippen LogP contribution >= 0.6 is 0 Å². The fourth-order valence-corrected chi connectivity index (χ4v) is 2.97. The van der Waals surface area contributed by atoms with Gasteiger partial charge in [-0.1, -0.05) is 24.3 Å². The Morgan fingerprint density at radius 1 is 1.00 bits per heavy atom. The molecule has 1 fully saturated rings. The lowest BCUT2D eigenvalue weighted by molar-refractivity contribution is 0.0527. The van der Waals surface area contributed by atoms with Crippen molar-refractivity contribution >= 4 is 5.91 Å². The van der Waals surface area contributed by atoms with Crippen molar-refractivity contribution in [1.29, 1.82) is 0 Å². The van der Waals surface area contributed by atoms with Crippen LogP contribution in [-0.2, 0) is 0 Å². The highest BCUT2D eigenvalue weighted by molar-refractivity contribution is 5.94. The number of carbonyl (C=O) groups is 1. The lowest BCUT2D eigenvalue weighted by atomic mass is 10.1. The minimum Gasteiger partial charge on any atom is -0.387 e. The number of rotatable bonds is 4. The molecular formula is C19H20F2N2O2. The van der Waals surface area contributed by atoms with Gasteiger partial charge in [-0.2, -0.15) is 0 Å². The van der Waals surface area contributed by atoms with Gasteiger partial charge in [0.25, 0.3) is 5.91 Å². The monoisotopic (exact) mass is 346 g/mol. The summed E-state index contributed by atoms with van der Waals surface area (Å²) in [6.07, 6.45) is -0.897. The van der Waals surface area contributed by atoms with Gasteiger partial charge in [0.2, 0.25) is 0 Å². The maximum atomic E-state index is 13.3. The molecule has 1 unspecified atom stereocenters. The quantitative estimate of drug-likeness (QED) is 0.925. The SMILES string of the molecule is O=C(c1ccccc1)N1CCN(CC(O)c2ccc(F)c(F)c2)CC1. The molecule has 0 saturated carbocycles. The van der Waals surface area contributed by atoms with E-state index in [4.69, 9.17) is 0 Å². The molecule has 1 N–H and O–H groups in total. The molecule has 1 aliphatic rings. The number of piperazine rings is 1. The molecule has 1 atom stereocenters. The molecule has 0 spiro atoms. The van der Waals surface area contributed by atoms with Gasteiger partial charge in [0.15, 0.2) is 11.6 Å². The average Bonchev–Trinajstić information content (AvgIpc) is 2.64. The number of hydrogen-bond acceptors (Lipinski definition) is 3. The van der Waals surface area contributed by atoms with E-state index in [2.05, 4.69) is 0 Å². The van der Waals surface area contributed by atoms with Gasteiger partial charge in [-0.3, -0.25) is 9.69 Å². The molecule has 2 aromatic rings. The smallest absolute Gasteiger partial charge is 0.253 e. The summed E-state index contributed by atoms with van der Waals surface area (Å²) < 4.78 is 26.3. The number of halogens is 2. The lowest BCUT2D eigenvalue weighted by Gasteiger charge is -2.35. The summed E-state index contributed by atoms with van der Waals surface area (Å²) in [5, 5.41) is 10.2. The van der Waals surface area contributed by atoms with Gasteiger partial charge >= 0.3 is 0 Å². The molecular weight excluding hydrogens is 326 g/mol. The standard InChI is InChI=1S/C19H20F2N2O2/c20-16-7-6-15(12-17(16)21)18(24)13-22-8-10-23(11-9-22)19(25)14-4-2-1-3-5-14/h1-7,12,18,24H,8-11,13H2. The molecule has 6 heteroatoms. The van der Waals surface area contributed by atoms with Crippen LogP contribution in [0.4, 0.5) is 8.78 Å². The molecule has 4 nitrogen and oxygen atoms in total. The summed E-state index contributed by atoms with van der Waals surface area (Å²) in [5.41, 5.74) is 1.01. The van der Waals surface area contributed by atoms with Gasteiger partial charge in [-0.15, -0.1) is 0 Å². The van der Waals surface area contributed by atoms with Crippen LogP contribution in [0.3, 0.4) is 0 Å². The first-order valence-electron chi connectivity index (χ1n) is 8.24. The Morgan fingerprint density at radius 3 is 2.32 bits per heavy atom. The summed E-state index contributed by atoms with van der Waals surface area (Å²) in [6.45, 7) is 2.70. The van der Waals surface area contributed by atoms with Crippen LogP contribution in [0.5, 0.6) is 0 Å². The topological polar surface area (TPSA) is 43.8 Å². The molecule has 132 valence electrons. The molecule has 0 bridgehead atoms. The number of hydrogen-bond donors (Lipinski definition) is 1. The molecule has 1 heterocycles. The Bertz CT molecular complexity index is 731. The summed E-state index contributed by atoms with van der Waals surface area (Å²) >= 11 is 0. The normalized spacial score (nSPS) is 16.7. The van der Waals surface area contributed by atoms with E-state index in [1.165, 1.54) is 6.07 Å². The van der Waals surface area contributed by atoms with Crippen LogP contribution in [0.1, 0.15) is 22.0 Å². The highest BCUT2D eigenvalue weighted by Crippen LogP contribution is 2.18. The zero-order valence-corrected chi connectivity index (χ0v) is 13.7. The zero-order chi connectivity index (χ0) is 17.8. The number of benzene rings is 2. The first-order chi connectivity index (χ1) is 12.0.